The monoisotopic (exact) mass is 463 g/mol. The predicted octanol–water partition coefficient (Wildman–Crippen LogP) is 4.70. The molecule has 0 amide bonds. The van der Waals surface area contributed by atoms with Gasteiger partial charge < -0.3 is 4.74 Å². The predicted molar refractivity (Wildman–Crippen MR) is 98.0 cm³/mol. The van der Waals surface area contributed by atoms with Gasteiger partial charge in [0.2, 0.25) is 10.0 Å². The number of piperidine rings is 1. The minimum Gasteiger partial charge on any atom is -0.490 e. The van der Waals surface area contributed by atoms with E-state index in [1.807, 2.05) is 0 Å². The fraction of sp³-hybridized carbons (Fsp3) is 0.333. The van der Waals surface area contributed by atoms with E-state index in [0.29, 0.717) is 31.7 Å². The molecule has 0 aliphatic carbocycles. The molecular weight excluding hydrogens is 447 g/mol. The minimum absolute atomic E-state index is 0.229. The Kier molecular flexibility index (Phi) is 5.83. The van der Waals surface area contributed by atoms with Crippen molar-refractivity contribution in [3.05, 3.63) is 58.6 Å². The van der Waals surface area contributed by atoms with E-state index in [2.05, 4.69) is 15.9 Å². The van der Waals surface area contributed by atoms with Gasteiger partial charge in [-0.1, -0.05) is 15.9 Å². The molecule has 2 aromatic carbocycles. The summed E-state index contributed by atoms with van der Waals surface area (Å²) < 4.78 is 71.0. The molecule has 9 heteroatoms. The third-order valence-electron chi connectivity index (χ3n) is 4.34. The number of halogens is 4. The van der Waals surface area contributed by atoms with Crippen LogP contribution in [0.25, 0.3) is 0 Å². The molecule has 2 aromatic rings. The van der Waals surface area contributed by atoms with Crippen LogP contribution in [0.15, 0.2) is 57.9 Å². The molecule has 0 atom stereocenters. The number of benzene rings is 2. The Labute approximate surface area is 164 Å². The lowest BCUT2D eigenvalue weighted by Gasteiger charge is -2.31. The fourth-order valence-electron chi connectivity index (χ4n) is 2.86. The molecule has 0 N–H and O–H groups in total. The number of alkyl halides is 3. The first-order valence-corrected chi connectivity index (χ1v) is 10.5. The van der Waals surface area contributed by atoms with Crippen molar-refractivity contribution in [3.63, 3.8) is 0 Å². The van der Waals surface area contributed by atoms with E-state index in [1.165, 1.54) is 16.4 Å². The fourth-order valence-corrected chi connectivity index (χ4v) is 4.59. The van der Waals surface area contributed by atoms with Crippen LogP contribution in [-0.2, 0) is 16.2 Å². The Bertz CT molecular complexity index is 876. The van der Waals surface area contributed by atoms with Gasteiger partial charge in [-0.2, -0.15) is 17.5 Å². The zero-order chi connectivity index (χ0) is 19.7. The molecule has 0 saturated carbocycles. The summed E-state index contributed by atoms with van der Waals surface area (Å²) in [6, 6.07) is 11.0. The summed E-state index contributed by atoms with van der Waals surface area (Å²) in [6.07, 6.45) is -3.68. The van der Waals surface area contributed by atoms with E-state index >= 15 is 0 Å². The maximum absolute atomic E-state index is 12.7. The smallest absolute Gasteiger partial charge is 0.416 e. The topological polar surface area (TPSA) is 46.6 Å². The summed E-state index contributed by atoms with van der Waals surface area (Å²) in [5, 5.41) is 0. The molecule has 0 bridgehead atoms. The summed E-state index contributed by atoms with van der Waals surface area (Å²) in [5.74, 6) is 0.345. The van der Waals surface area contributed by atoms with Gasteiger partial charge in [0.1, 0.15) is 11.9 Å². The van der Waals surface area contributed by atoms with Gasteiger partial charge in [-0.15, -0.1) is 0 Å². The van der Waals surface area contributed by atoms with Gasteiger partial charge >= 0.3 is 6.18 Å². The number of nitrogens with zero attached hydrogens (tertiary/aromatic N) is 1. The number of sulfonamides is 1. The highest BCUT2D eigenvalue weighted by Gasteiger charge is 2.31. The van der Waals surface area contributed by atoms with Crippen LogP contribution in [0.2, 0.25) is 0 Å². The van der Waals surface area contributed by atoms with Gasteiger partial charge in [0.15, 0.2) is 0 Å². The minimum atomic E-state index is -4.38. The van der Waals surface area contributed by atoms with Crippen molar-refractivity contribution in [2.45, 2.75) is 30.0 Å². The average molecular weight is 464 g/mol. The quantitative estimate of drug-likeness (QED) is 0.659. The molecule has 1 heterocycles. The molecule has 1 saturated heterocycles. The lowest BCUT2D eigenvalue weighted by molar-refractivity contribution is -0.137. The van der Waals surface area contributed by atoms with Crippen molar-refractivity contribution >= 4 is 26.0 Å². The highest BCUT2D eigenvalue weighted by molar-refractivity contribution is 9.10. The molecule has 1 fully saturated rings. The summed E-state index contributed by atoms with van der Waals surface area (Å²) >= 11 is 3.28. The van der Waals surface area contributed by atoms with Crippen molar-refractivity contribution < 1.29 is 26.3 Å². The average Bonchev–Trinajstić information content (AvgIpc) is 2.62. The highest BCUT2D eigenvalue weighted by atomic mass is 79.9. The second kappa shape index (κ2) is 7.81. The normalized spacial score (nSPS) is 17.0. The molecule has 0 spiro atoms. The zero-order valence-electron chi connectivity index (χ0n) is 14.1. The summed E-state index contributed by atoms with van der Waals surface area (Å²) in [6.45, 7) is 0.591. The molecule has 1 aliphatic heterocycles. The van der Waals surface area contributed by atoms with Gasteiger partial charge in [-0.05, 0) is 61.4 Å². The molecule has 0 aromatic heterocycles. The Morgan fingerprint density at radius 2 is 1.52 bits per heavy atom. The summed E-state index contributed by atoms with van der Waals surface area (Å²) in [7, 11) is -3.57. The number of hydrogen-bond acceptors (Lipinski definition) is 3. The first-order valence-electron chi connectivity index (χ1n) is 8.26. The first kappa shape index (κ1) is 20.2. The van der Waals surface area contributed by atoms with Crippen molar-refractivity contribution in [2.24, 2.45) is 0 Å². The Hall–Kier alpha value is -1.58. The summed E-state index contributed by atoms with van der Waals surface area (Å²) in [5.41, 5.74) is -0.731. The van der Waals surface area contributed by atoms with Gasteiger partial charge in [0, 0.05) is 17.6 Å². The zero-order valence-corrected chi connectivity index (χ0v) is 16.5. The summed E-state index contributed by atoms with van der Waals surface area (Å²) in [4.78, 5) is 0.229. The SMILES string of the molecule is O=S(=O)(c1ccc(Br)cc1)N1CCC(Oc2ccc(C(F)(F)F)cc2)CC1. The van der Waals surface area contributed by atoms with Gasteiger partial charge in [-0.25, -0.2) is 8.42 Å². The van der Waals surface area contributed by atoms with Crippen LogP contribution in [-0.4, -0.2) is 31.9 Å². The van der Waals surface area contributed by atoms with E-state index in [0.717, 1.165) is 16.6 Å². The molecular formula is C18H17BrF3NO3S. The first-order chi connectivity index (χ1) is 12.7. The lowest BCUT2D eigenvalue weighted by Crippen LogP contribution is -2.41. The van der Waals surface area contributed by atoms with Crippen LogP contribution in [0.5, 0.6) is 5.75 Å². The number of rotatable bonds is 4. The standard InChI is InChI=1S/C18H17BrF3NO3S/c19-14-3-7-17(8-4-14)27(24,25)23-11-9-16(10-12-23)26-15-5-1-13(2-6-15)18(20,21)22/h1-8,16H,9-12H2. The molecule has 27 heavy (non-hydrogen) atoms. The van der Waals surface area contributed by atoms with Crippen LogP contribution in [0.3, 0.4) is 0 Å². The number of hydrogen-bond donors (Lipinski definition) is 0. The van der Waals surface area contributed by atoms with Crippen LogP contribution < -0.4 is 4.74 Å². The third-order valence-corrected chi connectivity index (χ3v) is 6.78. The van der Waals surface area contributed by atoms with Crippen molar-refractivity contribution in [2.75, 3.05) is 13.1 Å². The molecule has 146 valence electrons. The van der Waals surface area contributed by atoms with E-state index in [9.17, 15) is 21.6 Å². The van der Waals surface area contributed by atoms with E-state index in [4.69, 9.17) is 4.74 Å². The molecule has 0 radical (unpaired) electrons. The van der Waals surface area contributed by atoms with E-state index < -0.39 is 21.8 Å². The van der Waals surface area contributed by atoms with E-state index in [1.54, 1.807) is 24.3 Å². The second-order valence-electron chi connectivity index (χ2n) is 6.20. The Balaban J connectivity index is 1.59. The van der Waals surface area contributed by atoms with Gasteiger partial charge in [0.25, 0.3) is 0 Å². The Morgan fingerprint density at radius 1 is 0.963 bits per heavy atom. The van der Waals surface area contributed by atoms with Crippen LogP contribution in [0.4, 0.5) is 13.2 Å². The number of ether oxygens (including phenoxy) is 1. The highest BCUT2D eigenvalue weighted by Crippen LogP contribution is 2.31. The molecule has 3 rings (SSSR count). The van der Waals surface area contributed by atoms with E-state index in [-0.39, 0.29) is 11.0 Å². The van der Waals surface area contributed by atoms with Crippen molar-refractivity contribution in [3.8, 4) is 5.75 Å². The molecule has 1 aliphatic rings. The van der Waals surface area contributed by atoms with Crippen LogP contribution in [0.1, 0.15) is 18.4 Å². The largest absolute Gasteiger partial charge is 0.490 e. The van der Waals surface area contributed by atoms with Crippen LogP contribution >= 0.6 is 15.9 Å². The van der Waals surface area contributed by atoms with Crippen LogP contribution in [0, 0.1) is 0 Å². The third kappa shape index (κ3) is 4.83. The maximum atomic E-state index is 12.7. The van der Waals surface area contributed by atoms with Crippen molar-refractivity contribution in [1.29, 1.82) is 0 Å². The lowest BCUT2D eigenvalue weighted by atomic mass is 10.1. The molecule has 4 nitrogen and oxygen atoms in total. The molecule has 0 unspecified atom stereocenters. The Morgan fingerprint density at radius 3 is 2.04 bits per heavy atom. The van der Waals surface area contributed by atoms with Gasteiger partial charge in [0.05, 0.1) is 10.5 Å². The second-order valence-corrected chi connectivity index (χ2v) is 9.05. The maximum Gasteiger partial charge on any atom is 0.416 e. The van der Waals surface area contributed by atoms with Crippen molar-refractivity contribution in [1.82, 2.24) is 4.31 Å². The van der Waals surface area contributed by atoms with Gasteiger partial charge in [-0.3, -0.25) is 0 Å².